The van der Waals surface area contributed by atoms with E-state index in [1.165, 1.54) is 11.7 Å². The summed E-state index contributed by atoms with van der Waals surface area (Å²) in [6.45, 7) is 4.78. The zero-order valence-corrected chi connectivity index (χ0v) is 9.09. The first-order chi connectivity index (χ1) is 6.86. The second kappa shape index (κ2) is 4.82. The Hall–Kier alpha value is -0.520. The zero-order chi connectivity index (χ0) is 9.80. The van der Waals surface area contributed by atoms with Crippen molar-refractivity contribution in [2.24, 2.45) is 5.92 Å². The molecule has 2 atom stereocenters. The predicted molar refractivity (Wildman–Crippen MR) is 55.1 cm³/mol. The second-order valence-corrected chi connectivity index (χ2v) is 4.28. The molecule has 0 amide bonds. The molecule has 2 rings (SSSR count). The molecule has 1 aromatic heterocycles. The summed E-state index contributed by atoms with van der Waals surface area (Å²) in [6.07, 6.45) is 2.92. The first kappa shape index (κ1) is 10.0. The van der Waals surface area contributed by atoms with Crippen molar-refractivity contribution in [1.29, 1.82) is 0 Å². The summed E-state index contributed by atoms with van der Waals surface area (Å²) in [5.74, 6) is 0.593. The van der Waals surface area contributed by atoms with Crippen LogP contribution in [-0.4, -0.2) is 28.0 Å². The van der Waals surface area contributed by atoms with E-state index in [4.69, 9.17) is 4.74 Å². The fourth-order valence-electron chi connectivity index (χ4n) is 1.68. The summed E-state index contributed by atoms with van der Waals surface area (Å²) in [4.78, 5) is 0. The van der Waals surface area contributed by atoms with Crippen molar-refractivity contribution in [2.75, 3.05) is 13.2 Å². The van der Waals surface area contributed by atoms with E-state index in [1.807, 2.05) is 6.20 Å². The maximum atomic E-state index is 5.38. The van der Waals surface area contributed by atoms with Gasteiger partial charge in [-0.25, -0.2) is 0 Å². The molecule has 1 fully saturated rings. The van der Waals surface area contributed by atoms with Crippen LogP contribution in [0.5, 0.6) is 0 Å². The normalized spacial score (nSPS) is 27.8. The fourth-order valence-corrected chi connectivity index (χ4v) is 2.11. The van der Waals surface area contributed by atoms with Gasteiger partial charge in [-0.05, 0) is 12.3 Å². The Labute approximate surface area is 88.0 Å². The van der Waals surface area contributed by atoms with Crippen molar-refractivity contribution in [1.82, 2.24) is 14.1 Å². The maximum absolute atomic E-state index is 5.38. The molecular formula is C9H15N3OS. The lowest BCUT2D eigenvalue weighted by Crippen LogP contribution is -2.41. The number of hydrogen-bond donors (Lipinski definition) is 1. The third-order valence-corrected chi connectivity index (χ3v) is 3.11. The van der Waals surface area contributed by atoms with Crippen molar-refractivity contribution in [2.45, 2.75) is 25.9 Å². The van der Waals surface area contributed by atoms with E-state index in [0.29, 0.717) is 12.0 Å². The third-order valence-electron chi connectivity index (χ3n) is 2.59. The van der Waals surface area contributed by atoms with E-state index >= 15 is 0 Å². The van der Waals surface area contributed by atoms with Crippen LogP contribution in [-0.2, 0) is 11.3 Å². The molecule has 0 aliphatic carbocycles. The van der Waals surface area contributed by atoms with Crippen LogP contribution in [0.4, 0.5) is 0 Å². The summed E-state index contributed by atoms with van der Waals surface area (Å²) < 4.78 is 13.5. The van der Waals surface area contributed by atoms with Gasteiger partial charge in [0.05, 0.1) is 30.2 Å². The maximum Gasteiger partial charge on any atom is 0.0880 e. The molecule has 14 heavy (non-hydrogen) atoms. The predicted octanol–water partition coefficient (Wildman–Crippen LogP) is 1.05. The number of aromatic nitrogens is 2. The molecule has 5 heteroatoms. The lowest BCUT2D eigenvalue weighted by molar-refractivity contribution is 0.0385. The zero-order valence-electron chi connectivity index (χ0n) is 8.27. The molecule has 1 saturated heterocycles. The van der Waals surface area contributed by atoms with Gasteiger partial charge in [0.2, 0.25) is 0 Å². The van der Waals surface area contributed by atoms with Crippen LogP contribution >= 0.6 is 11.7 Å². The standard InChI is InChI=1S/C9H15N3OS/c1-7-6-13-3-2-9(7)10-4-8-5-11-14-12-8/h5,7,9-10H,2-4,6H2,1H3. The van der Waals surface area contributed by atoms with Crippen molar-refractivity contribution in [3.63, 3.8) is 0 Å². The number of ether oxygens (including phenoxy) is 1. The Balaban J connectivity index is 1.79. The average Bonchev–Trinajstić information content (AvgIpc) is 2.69. The molecule has 2 unspecified atom stereocenters. The third kappa shape index (κ3) is 2.50. The monoisotopic (exact) mass is 213 g/mol. The molecule has 0 radical (unpaired) electrons. The fraction of sp³-hybridized carbons (Fsp3) is 0.778. The highest BCUT2D eigenvalue weighted by Crippen LogP contribution is 2.14. The highest BCUT2D eigenvalue weighted by molar-refractivity contribution is 6.99. The van der Waals surface area contributed by atoms with Crippen LogP contribution in [0, 0.1) is 5.92 Å². The molecule has 1 aliphatic rings. The van der Waals surface area contributed by atoms with Gasteiger partial charge in [-0.15, -0.1) is 0 Å². The average molecular weight is 213 g/mol. The first-order valence-electron chi connectivity index (χ1n) is 4.94. The van der Waals surface area contributed by atoms with Crippen molar-refractivity contribution >= 4 is 11.7 Å². The molecule has 1 N–H and O–H groups in total. The van der Waals surface area contributed by atoms with Crippen LogP contribution in [0.2, 0.25) is 0 Å². The van der Waals surface area contributed by atoms with Gasteiger partial charge < -0.3 is 10.1 Å². The molecular weight excluding hydrogens is 198 g/mol. The van der Waals surface area contributed by atoms with Gasteiger partial charge >= 0.3 is 0 Å². The minimum Gasteiger partial charge on any atom is -0.381 e. The van der Waals surface area contributed by atoms with Crippen LogP contribution < -0.4 is 5.32 Å². The number of hydrogen-bond acceptors (Lipinski definition) is 5. The SMILES string of the molecule is CC1COCCC1NCc1cnsn1. The highest BCUT2D eigenvalue weighted by Gasteiger charge is 2.21. The van der Waals surface area contributed by atoms with Gasteiger partial charge in [0.25, 0.3) is 0 Å². The van der Waals surface area contributed by atoms with Crippen molar-refractivity contribution in [3.8, 4) is 0 Å². The quantitative estimate of drug-likeness (QED) is 0.815. The summed E-state index contributed by atoms with van der Waals surface area (Å²) in [5, 5.41) is 3.50. The van der Waals surface area contributed by atoms with Gasteiger partial charge in [0.1, 0.15) is 0 Å². The minimum atomic E-state index is 0.561. The Kier molecular flexibility index (Phi) is 3.44. The number of rotatable bonds is 3. The van der Waals surface area contributed by atoms with Crippen LogP contribution in [0.15, 0.2) is 6.20 Å². The van der Waals surface area contributed by atoms with Crippen molar-refractivity contribution < 1.29 is 4.74 Å². The molecule has 4 nitrogen and oxygen atoms in total. The van der Waals surface area contributed by atoms with E-state index in [0.717, 1.165) is 31.9 Å². The van der Waals surface area contributed by atoms with Gasteiger partial charge in [-0.1, -0.05) is 6.92 Å². The largest absolute Gasteiger partial charge is 0.381 e. The smallest absolute Gasteiger partial charge is 0.0880 e. The Morgan fingerprint density at radius 1 is 1.71 bits per heavy atom. The summed E-state index contributed by atoms with van der Waals surface area (Å²) >= 11 is 1.26. The van der Waals surface area contributed by atoms with Crippen molar-refractivity contribution in [3.05, 3.63) is 11.9 Å². The lowest BCUT2D eigenvalue weighted by atomic mass is 9.98. The van der Waals surface area contributed by atoms with Gasteiger partial charge in [-0.2, -0.15) is 8.75 Å². The summed E-state index contributed by atoms with van der Waals surface area (Å²) in [5.41, 5.74) is 1.04. The van der Waals surface area contributed by atoms with Gasteiger partial charge in [0, 0.05) is 19.2 Å². The van der Waals surface area contributed by atoms with E-state index in [-0.39, 0.29) is 0 Å². The molecule has 78 valence electrons. The molecule has 1 aromatic rings. The first-order valence-corrected chi connectivity index (χ1v) is 5.67. The Morgan fingerprint density at radius 2 is 2.64 bits per heavy atom. The van der Waals surface area contributed by atoms with E-state index in [2.05, 4.69) is 21.0 Å². The molecule has 1 aliphatic heterocycles. The summed E-state index contributed by atoms with van der Waals surface area (Å²) in [7, 11) is 0. The van der Waals surface area contributed by atoms with E-state index in [9.17, 15) is 0 Å². The van der Waals surface area contributed by atoms with Crippen LogP contribution in [0.25, 0.3) is 0 Å². The Morgan fingerprint density at radius 3 is 3.36 bits per heavy atom. The van der Waals surface area contributed by atoms with Gasteiger partial charge in [0.15, 0.2) is 0 Å². The van der Waals surface area contributed by atoms with E-state index in [1.54, 1.807) is 0 Å². The number of nitrogens with one attached hydrogen (secondary N) is 1. The molecule has 0 spiro atoms. The second-order valence-electron chi connectivity index (χ2n) is 3.73. The topological polar surface area (TPSA) is 47.0 Å². The molecule has 0 saturated carbocycles. The van der Waals surface area contributed by atoms with Gasteiger partial charge in [-0.3, -0.25) is 0 Å². The summed E-state index contributed by atoms with van der Waals surface area (Å²) in [6, 6.07) is 0.561. The number of nitrogens with zero attached hydrogens (tertiary/aromatic N) is 2. The lowest BCUT2D eigenvalue weighted by Gasteiger charge is -2.29. The van der Waals surface area contributed by atoms with Crippen LogP contribution in [0.1, 0.15) is 19.0 Å². The molecule has 2 heterocycles. The molecule has 0 bridgehead atoms. The van der Waals surface area contributed by atoms with Crippen LogP contribution in [0.3, 0.4) is 0 Å². The highest BCUT2D eigenvalue weighted by atomic mass is 32.1. The minimum absolute atomic E-state index is 0.561. The van der Waals surface area contributed by atoms with E-state index < -0.39 is 0 Å². The Bertz CT molecular complexity index is 265. The molecule has 0 aromatic carbocycles.